The van der Waals surface area contributed by atoms with Gasteiger partial charge in [0.05, 0.1) is 55.5 Å². The monoisotopic (exact) mass is 1100 g/mol. The second kappa shape index (κ2) is 20.4. The Morgan fingerprint density at radius 1 is 0.527 bits per heavy atom. The van der Waals surface area contributed by atoms with Crippen LogP contribution in [0.4, 0.5) is 46.8 Å². The van der Waals surface area contributed by atoms with Gasteiger partial charge in [-0.2, -0.15) is 35.1 Å². The van der Waals surface area contributed by atoms with E-state index in [4.69, 9.17) is 9.47 Å². The summed E-state index contributed by atoms with van der Waals surface area (Å²) in [4.78, 5) is 15.6. The molecule has 0 fully saturated rings. The molecule has 384 valence electrons. The minimum Gasteiger partial charge on any atom is -0.493 e. The molecule has 4 aromatic heterocycles. The van der Waals surface area contributed by atoms with Crippen LogP contribution in [0.3, 0.4) is 0 Å². The molecule has 0 saturated heterocycles. The van der Waals surface area contributed by atoms with Crippen molar-refractivity contribution in [1.29, 1.82) is 0 Å². The Morgan fingerprint density at radius 2 is 0.919 bits per heavy atom. The lowest BCUT2D eigenvalue weighted by atomic mass is 9.83. The Morgan fingerprint density at radius 3 is 1.27 bits per heavy atom. The number of sulfonamides is 2. The van der Waals surface area contributed by atoms with E-state index in [0.29, 0.717) is 69.1 Å². The van der Waals surface area contributed by atoms with Crippen molar-refractivity contribution in [2.75, 3.05) is 22.7 Å². The number of hydrogen-bond donors (Lipinski definition) is 2. The van der Waals surface area contributed by atoms with E-state index < -0.39 is 55.4 Å². The SMILES string of the molecule is Cc1nc(-c2cc(C(F)(F)F)ccc2[C@@H]2CCOc3cc(S(=O)(=O)Nc4cccc(F)n4)ccc32)cs1.Cc1nc(-c2cc(C(F)(F)F)ccc2[C@H]2CCOc3cc(S(=O)(=O)Nc4cccc(F)n4)ccc32)cs1. The number of nitrogens with one attached hydrogen (secondary N) is 2. The maximum absolute atomic E-state index is 13.5. The molecule has 6 heterocycles. The van der Waals surface area contributed by atoms with Gasteiger partial charge >= 0.3 is 12.4 Å². The van der Waals surface area contributed by atoms with Crippen LogP contribution in [0.15, 0.2) is 130 Å². The number of aryl methyl sites for hydroxylation is 2. The van der Waals surface area contributed by atoms with Crippen LogP contribution in [0.5, 0.6) is 11.5 Å². The van der Waals surface area contributed by atoms with Gasteiger partial charge < -0.3 is 9.47 Å². The molecule has 2 atom stereocenters. The average Bonchev–Trinajstić information content (AvgIpc) is 4.00. The lowest BCUT2D eigenvalue weighted by Gasteiger charge is -2.28. The summed E-state index contributed by atoms with van der Waals surface area (Å²) < 4.78 is 175. The number of ether oxygens (including phenoxy) is 2. The number of pyridine rings is 2. The summed E-state index contributed by atoms with van der Waals surface area (Å²) in [5.41, 5.74) is 2.64. The minimum absolute atomic E-state index is 0.124. The van der Waals surface area contributed by atoms with Crippen LogP contribution in [0.2, 0.25) is 0 Å². The number of fused-ring (bicyclic) bond motifs is 2. The van der Waals surface area contributed by atoms with E-state index in [2.05, 4.69) is 29.4 Å². The van der Waals surface area contributed by atoms with Gasteiger partial charge in [0.15, 0.2) is 0 Å². The summed E-state index contributed by atoms with van der Waals surface area (Å²) >= 11 is 2.68. The molecule has 0 unspecified atom stereocenters. The molecular weight excluding hydrogens is 1060 g/mol. The first-order chi connectivity index (χ1) is 35.0. The highest BCUT2D eigenvalue weighted by molar-refractivity contribution is 7.93. The Labute approximate surface area is 426 Å². The van der Waals surface area contributed by atoms with E-state index in [-0.39, 0.29) is 46.5 Å². The molecule has 12 nitrogen and oxygen atoms in total. The molecule has 10 rings (SSSR count). The van der Waals surface area contributed by atoms with Gasteiger partial charge in [-0.1, -0.05) is 36.4 Å². The van der Waals surface area contributed by atoms with E-state index in [1.165, 1.54) is 83.3 Å². The van der Waals surface area contributed by atoms with Crippen LogP contribution in [-0.4, -0.2) is 50.0 Å². The molecular formula is C50H38F8N6O6S4. The second-order valence-electron chi connectivity index (χ2n) is 16.8. The molecule has 2 aliphatic rings. The number of halogens is 8. The summed E-state index contributed by atoms with van der Waals surface area (Å²) in [7, 11) is -8.22. The first kappa shape index (κ1) is 51.9. The number of benzene rings is 4. The highest BCUT2D eigenvalue weighted by Crippen LogP contribution is 2.47. The predicted octanol–water partition coefficient (Wildman–Crippen LogP) is 12.8. The topological polar surface area (TPSA) is 162 Å². The molecule has 0 saturated carbocycles. The van der Waals surface area contributed by atoms with Gasteiger partial charge in [-0.25, -0.2) is 36.8 Å². The predicted molar refractivity (Wildman–Crippen MR) is 261 cm³/mol. The van der Waals surface area contributed by atoms with Gasteiger partial charge in [-0.05, 0) is 98.5 Å². The minimum atomic E-state index is -4.52. The van der Waals surface area contributed by atoms with Crippen LogP contribution in [-0.2, 0) is 32.4 Å². The highest BCUT2D eigenvalue weighted by atomic mass is 32.2. The Bertz CT molecular complexity index is 3410. The van der Waals surface area contributed by atoms with E-state index in [1.807, 2.05) is 0 Å². The van der Waals surface area contributed by atoms with Crippen molar-refractivity contribution in [3.63, 3.8) is 0 Å². The summed E-state index contributed by atoms with van der Waals surface area (Å²) in [6, 6.07) is 23.3. The molecule has 2 N–H and O–H groups in total. The standard InChI is InChI=1S/2C25H19F4N3O3S2/c2*1-14-30-21(13-36-14)20-11-15(25(27,28)29)5-7-17(20)18-9-10-35-22-12-16(6-8-19(18)22)37(33,34)32-24-4-2-3-23(26)31-24/h2*2-8,11-13,18H,9-10H2,1H3,(H,31,32)/t2*18-/m10/s1. The summed E-state index contributed by atoms with van der Waals surface area (Å²) in [6.07, 6.45) is -8.07. The molecule has 0 spiro atoms. The molecule has 8 aromatic rings. The fourth-order valence-corrected chi connectivity index (χ4v) is 11.8. The first-order valence-electron chi connectivity index (χ1n) is 22.1. The number of alkyl halides is 6. The molecule has 0 radical (unpaired) electrons. The van der Waals surface area contributed by atoms with E-state index >= 15 is 0 Å². The zero-order valence-electron chi connectivity index (χ0n) is 38.4. The smallest absolute Gasteiger partial charge is 0.416 e. The third-order valence-corrected chi connectivity index (χ3v) is 16.1. The van der Waals surface area contributed by atoms with E-state index in [9.17, 15) is 52.0 Å². The van der Waals surface area contributed by atoms with Crippen LogP contribution in [0.25, 0.3) is 22.5 Å². The lowest BCUT2D eigenvalue weighted by molar-refractivity contribution is -0.138. The molecule has 74 heavy (non-hydrogen) atoms. The van der Waals surface area contributed by atoms with Gasteiger partial charge in [0.25, 0.3) is 20.0 Å². The summed E-state index contributed by atoms with van der Waals surface area (Å²) in [6.45, 7) is 4.02. The number of thiazole rings is 2. The van der Waals surface area contributed by atoms with Crippen molar-refractivity contribution in [3.05, 3.63) is 175 Å². The fraction of sp³-hybridized carbons (Fsp3) is 0.200. The van der Waals surface area contributed by atoms with Gasteiger partial charge in [0.2, 0.25) is 11.9 Å². The van der Waals surface area contributed by atoms with Crippen molar-refractivity contribution in [1.82, 2.24) is 19.9 Å². The van der Waals surface area contributed by atoms with Crippen LogP contribution in [0, 0.1) is 25.7 Å². The van der Waals surface area contributed by atoms with Gasteiger partial charge in [-0.15, -0.1) is 22.7 Å². The maximum atomic E-state index is 13.5. The molecule has 0 bridgehead atoms. The van der Waals surface area contributed by atoms with Crippen molar-refractivity contribution >= 4 is 54.4 Å². The number of rotatable bonds is 10. The maximum Gasteiger partial charge on any atom is 0.416 e. The Balaban J connectivity index is 0.000000182. The number of hydrogen-bond acceptors (Lipinski definition) is 12. The highest BCUT2D eigenvalue weighted by Gasteiger charge is 2.36. The van der Waals surface area contributed by atoms with Gasteiger partial charge in [0, 0.05) is 57.0 Å². The van der Waals surface area contributed by atoms with Crippen molar-refractivity contribution in [2.45, 2.75) is 60.7 Å². The van der Waals surface area contributed by atoms with E-state index in [0.717, 1.165) is 46.4 Å². The van der Waals surface area contributed by atoms with Gasteiger partial charge in [0.1, 0.15) is 23.1 Å². The normalized spacial score (nSPS) is 15.6. The lowest BCUT2D eigenvalue weighted by Crippen LogP contribution is -2.19. The van der Waals surface area contributed by atoms with Crippen molar-refractivity contribution in [2.24, 2.45) is 0 Å². The first-order valence-corrected chi connectivity index (χ1v) is 26.9. The Hall–Kier alpha value is -7.02. The summed E-state index contributed by atoms with van der Waals surface area (Å²) in [5, 5.41) is 4.88. The van der Waals surface area contributed by atoms with Gasteiger partial charge in [-0.3, -0.25) is 9.44 Å². The third kappa shape index (κ3) is 11.4. The van der Waals surface area contributed by atoms with Crippen LogP contribution in [0.1, 0.15) is 68.1 Å². The molecule has 2 aliphatic heterocycles. The zero-order chi connectivity index (χ0) is 52.7. The third-order valence-electron chi connectivity index (χ3n) is 11.9. The molecule has 4 aromatic carbocycles. The average molecular weight is 1100 g/mol. The molecule has 0 aliphatic carbocycles. The van der Waals surface area contributed by atoms with Crippen molar-refractivity contribution in [3.8, 4) is 34.0 Å². The zero-order valence-corrected chi connectivity index (χ0v) is 41.7. The van der Waals surface area contributed by atoms with E-state index in [1.54, 1.807) is 36.7 Å². The second-order valence-corrected chi connectivity index (χ2v) is 22.3. The number of anilines is 2. The fourth-order valence-electron chi connectivity index (χ4n) is 8.53. The van der Waals surface area contributed by atoms with Crippen LogP contribution < -0.4 is 18.9 Å². The Kier molecular flexibility index (Phi) is 14.3. The largest absolute Gasteiger partial charge is 0.493 e. The molecule has 0 amide bonds. The number of aromatic nitrogens is 4. The van der Waals surface area contributed by atoms with Crippen LogP contribution >= 0.6 is 22.7 Å². The number of nitrogens with zero attached hydrogens (tertiary/aromatic N) is 4. The van der Waals surface area contributed by atoms with Crippen molar-refractivity contribution < 1.29 is 61.4 Å². The summed E-state index contributed by atoms with van der Waals surface area (Å²) in [5.74, 6) is -2.12. The molecule has 24 heteroatoms. The quantitative estimate of drug-likeness (QED) is 0.0996.